The van der Waals surface area contributed by atoms with E-state index in [4.69, 9.17) is 5.73 Å². The molecule has 16 heavy (non-hydrogen) atoms. The molecular formula is C10H13N5O. The van der Waals surface area contributed by atoms with Gasteiger partial charge in [0.2, 0.25) is 5.91 Å². The summed E-state index contributed by atoms with van der Waals surface area (Å²) in [5.41, 5.74) is 7.09. The molecule has 0 radical (unpaired) electrons. The fourth-order valence-electron chi connectivity index (χ4n) is 1.63. The Labute approximate surface area is 92.8 Å². The maximum absolute atomic E-state index is 11.3. The molecule has 6 heteroatoms. The first-order valence-corrected chi connectivity index (χ1v) is 4.84. The highest BCUT2D eigenvalue weighted by Crippen LogP contribution is 2.21. The molecule has 1 atom stereocenters. The van der Waals surface area contributed by atoms with Crippen LogP contribution in [0.15, 0.2) is 18.6 Å². The van der Waals surface area contributed by atoms with E-state index < -0.39 is 11.9 Å². The van der Waals surface area contributed by atoms with Gasteiger partial charge in [0.05, 0.1) is 11.9 Å². The molecule has 2 aliphatic rings. The molecule has 0 aliphatic carbocycles. The van der Waals surface area contributed by atoms with Gasteiger partial charge in [0.1, 0.15) is 11.9 Å². The highest BCUT2D eigenvalue weighted by atomic mass is 16.1. The smallest absolute Gasteiger partial charge is 0.242 e. The van der Waals surface area contributed by atoms with Crippen LogP contribution in [0.4, 0.5) is 0 Å². The number of hydrogen-bond donors (Lipinski definition) is 2. The molecule has 0 spiro atoms. The summed E-state index contributed by atoms with van der Waals surface area (Å²) >= 11 is 0. The van der Waals surface area contributed by atoms with Crippen molar-refractivity contribution in [1.82, 2.24) is 19.9 Å². The van der Waals surface area contributed by atoms with Crippen molar-refractivity contribution < 1.29 is 4.79 Å². The van der Waals surface area contributed by atoms with Gasteiger partial charge in [-0.25, -0.2) is 4.98 Å². The zero-order chi connectivity index (χ0) is 11.7. The van der Waals surface area contributed by atoms with Crippen molar-refractivity contribution in [3.63, 3.8) is 0 Å². The number of rotatable bonds is 3. The van der Waals surface area contributed by atoms with Crippen LogP contribution in [0, 0.1) is 0 Å². The third-order valence-electron chi connectivity index (χ3n) is 2.38. The third kappa shape index (κ3) is 1.74. The molecule has 3 N–H and O–H groups in total. The van der Waals surface area contributed by atoms with Crippen LogP contribution in [0.1, 0.15) is 11.9 Å². The number of aromatic amines is 1. The van der Waals surface area contributed by atoms with Crippen LogP contribution in [0.25, 0.3) is 11.3 Å². The average Bonchev–Trinajstić information content (AvgIpc) is 2.63. The second-order valence-corrected chi connectivity index (χ2v) is 3.81. The second-order valence-electron chi connectivity index (χ2n) is 3.81. The van der Waals surface area contributed by atoms with Crippen molar-refractivity contribution in [2.24, 2.45) is 5.73 Å². The van der Waals surface area contributed by atoms with E-state index in [0.717, 1.165) is 11.3 Å². The Bertz CT molecular complexity index is 478. The maximum Gasteiger partial charge on any atom is 0.242 e. The van der Waals surface area contributed by atoms with Gasteiger partial charge in [-0.3, -0.25) is 14.7 Å². The normalized spacial score (nSPS) is 13.2. The van der Waals surface area contributed by atoms with E-state index in [1.54, 1.807) is 37.6 Å². The molecule has 0 aromatic rings. The lowest BCUT2D eigenvalue weighted by Crippen LogP contribution is -2.34. The number of H-pyrrole nitrogens is 1. The Balaban J connectivity index is 2.45. The van der Waals surface area contributed by atoms with Gasteiger partial charge in [-0.15, -0.1) is 0 Å². The van der Waals surface area contributed by atoms with E-state index in [2.05, 4.69) is 15.0 Å². The van der Waals surface area contributed by atoms with Gasteiger partial charge in [0.15, 0.2) is 0 Å². The molecular weight excluding hydrogens is 206 g/mol. The van der Waals surface area contributed by atoms with Gasteiger partial charge in [0.25, 0.3) is 0 Å². The Kier molecular flexibility index (Phi) is 2.57. The number of primary amides is 1. The standard InChI is InChI=1S/C10H13N5O/c1-15(2)8(9(11)16)10-13-4-6-3-12-5-7(6)14-10/h3-5,8H,1-2H3,(H2,11,16)(H,13,14). The van der Waals surface area contributed by atoms with Gasteiger partial charge >= 0.3 is 0 Å². The molecule has 0 saturated carbocycles. The number of nitrogens with zero attached hydrogens (tertiary/aromatic N) is 3. The van der Waals surface area contributed by atoms with Gasteiger partial charge < -0.3 is 10.7 Å². The van der Waals surface area contributed by atoms with Crippen molar-refractivity contribution in [3.05, 3.63) is 24.4 Å². The number of carbonyl (C=O) groups is 1. The maximum atomic E-state index is 11.3. The fraction of sp³-hybridized carbons (Fsp3) is 0.300. The van der Waals surface area contributed by atoms with Crippen LogP contribution in [-0.4, -0.2) is 39.9 Å². The minimum atomic E-state index is -0.556. The number of hydrogen-bond acceptors (Lipinski definition) is 4. The molecule has 2 rings (SSSR count). The molecule has 6 nitrogen and oxygen atoms in total. The zero-order valence-electron chi connectivity index (χ0n) is 9.14. The molecule has 0 saturated heterocycles. The summed E-state index contributed by atoms with van der Waals surface area (Å²) in [4.78, 5) is 24.3. The Morgan fingerprint density at radius 3 is 2.81 bits per heavy atom. The van der Waals surface area contributed by atoms with E-state index in [9.17, 15) is 4.79 Å². The number of nitrogens with one attached hydrogen (secondary N) is 1. The Morgan fingerprint density at radius 2 is 2.19 bits per heavy atom. The van der Waals surface area contributed by atoms with Crippen LogP contribution in [0.3, 0.4) is 0 Å². The van der Waals surface area contributed by atoms with Crippen molar-refractivity contribution in [2.75, 3.05) is 14.1 Å². The van der Waals surface area contributed by atoms with E-state index in [0.29, 0.717) is 5.82 Å². The molecule has 2 aliphatic heterocycles. The molecule has 0 bridgehead atoms. The van der Waals surface area contributed by atoms with Crippen LogP contribution in [0.5, 0.6) is 0 Å². The van der Waals surface area contributed by atoms with Crippen molar-refractivity contribution >= 4 is 5.91 Å². The SMILES string of the molecule is CN(C)C(C(N)=O)c1ncc2cncc-2[nH]1. The monoisotopic (exact) mass is 219 g/mol. The van der Waals surface area contributed by atoms with E-state index in [1.807, 2.05) is 0 Å². The third-order valence-corrected chi connectivity index (χ3v) is 2.38. The predicted octanol–water partition coefficient (Wildman–Crippen LogP) is -0.00250. The van der Waals surface area contributed by atoms with Crippen LogP contribution in [-0.2, 0) is 4.79 Å². The highest BCUT2D eigenvalue weighted by molar-refractivity contribution is 5.80. The molecule has 0 fully saturated rings. The first kappa shape index (κ1) is 10.6. The predicted molar refractivity (Wildman–Crippen MR) is 58.6 cm³/mol. The minimum Gasteiger partial charge on any atom is -0.368 e. The number of fused-ring (bicyclic) bond motifs is 1. The lowest BCUT2D eigenvalue weighted by atomic mass is 10.2. The lowest BCUT2D eigenvalue weighted by Gasteiger charge is -2.20. The van der Waals surface area contributed by atoms with Crippen molar-refractivity contribution in [2.45, 2.75) is 6.04 Å². The number of amides is 1. The number of likely N-dealkylation sites (N-methyl/N-ethyl adjacent to an activating group) is 1. The fourth-order valence-corrected chi connectivity index (χ4v) is 1.63. The van der Waals surface area contributed by atoms with Crippen LogP contribution in [0.2, 0.25) is 0 Å². The van der Waals surface area contributed by atoms with Gasteiger partial charge in [0, 0.05) is 18.0 Å². The summed E-state index contributed by atoms with van der Waals surface area (Å²) in [5.74, 6) is 0.0885. The van der Waals surface area contributed by atoms with Gasteiger partial charge in [-0.2, -0.15) is 0 Å². The van der Waals surface area contributed by atoms with E-state index in [1.165, 1.54) is 0 Å². The molecule has 2 heterocycles. The quantitative estimate of drug-likeness (QED) is 0.760. The first-order chi connectivity index (χ1) is 7.59. The summed E-state index contributed by atoms with van der Waals surface area (Å²) in [5, 5.41) is 0. The molecule has 0 aromatic heterocycles. The first-order valence-electron chi connectivity index (χ1n) is 4.84. The molecule has 0 aromatic carbocycles. The van der Waals surface area contributed by atoms with Gasteiger partial charge in [-0.05, 0) is 14.1 Å². The van der Waals surface area contributed by atoms with Gasteiger partial charge in [-0.1, -0.05) is 0 Å². The Hall–Kier alpha value is -1.95. The van der Waals surface area contributed by atoms with Crippen molar-refractivity contribution in [1.29, 1.82) is 0 Å². The lowest BCUT2D eigenvalue weighted by molar-refractivity contribution is -0.122. The minimum absolute atomic E-state index is 0.437. The summed E-state index contributed by atoms with van der Waals surface area (Å²) in [6.07, 6.45) is 5.07. The number of nitrogens with two attached hydrogens (primary N) is 1. The highest BCUT2D eigenvalue weighted by Gasteiger charge is 2.23. The number of carbonyl (C=O) groups excluding carboxylic acids is 1. The summed E-state index contributed by atoms with van der Waals surface area (Å²) in [6, 6.07) is -0.556. The topological polar surface area (TPSA) is 87.9 Å². The average molecular weight is 219 g/mol. The van der Waals surface area contributed by atoms with Crippen LogP contribution < -0.4 is 5.73 Å². The molecule has 1 unspecified atom stereocenters. The molecule has 84 valence electrons. The second kappa shape index (κ2) is 3.90. The van der Waals surface area contributed by atoms with Crippen molar-refractivity contribution in [3.8, 4) is 11.3 Å². The summed E-state index contributed by atoms with van der Waals surface area (Å²) in [6.45, 7) is 0. The van der Waals surface area contributed by atoms with E-state index in [-0.39, 0.29) is 0 Å². The van der Waals surface area contributed by atoms with Crippen LogP contribution >= 0.6 is 0 Å². The summed E-state index contributed by atoms with van der Waals surface area (Å²) < 4.78 is 0. The number of aromatic nitrogens is 3. The zero-order valence-corrected chi connectivity index (χ0v) is 9.14. The van der Waals surface area contributed by atoms with E-state index >= 15 is 0 Å². The summed E-state index contributed by atoms with van der Waals surface area (Å²) in [7, 11) is 3.55. The molecule has 1 amide bonds. The Morgan fingerprint density at radius 1 is 1.44 bits per heavy atom. The largest absolute Gasteiger partial charge is 0.368 e.